The lowest BCUT2D eigenvalue weighted by Gasteiger charge is -1.94. The van der Waals surface area contributed by atoms with Crippen LogP contribution in [0.15, 0.2) is 22.9 Å². The third kappa shape index (κ3) is 2.31. The highest BCUT2D eigenvalue weighted by atomic mass is 16.5. The molecule has 0 saturated carbocycles. The van der Waals surface area contributed by atoms with Gasteiger partial charge in [0.1, 0.15) is 11.5 Å². The minimum absolute atomic E-state index is 0.00704. The van der Waals surface area contributed by atoms with E-state index in [0.29, 0.717) is 17.4 Å². The molecule has 2 aromatic rings. The van der Waals surface area contributed by atoms with Crippen LogP contribution in [0, 0.1) is 6.92 Å². The smallest absolute Gasteiger partial charge is 0.234 e. The minimum atomic E-state index is -0.00704. The number of pyridine rings is 1. The summed E-state index contributed by atoms with van der Waals surface area (Å²) in [6, 6.07) is 3.75. The molecule has 0 radical (unpaired) electrons. The van der Waals surface area contributed by atoms with Gasteiger partial charge in [0.15, 0.2) is 0 Å². The van der Waals surface area contributed by atoms with Crippen LogP contribution in [0.3, 0.4) is 0 Å². The largest absolute Gasteiger partial charge is 0.338 e. The summed E-state index contributed by atoms with van der Waals surface area (Å²) in [6.07, 6.45) is 1.85. The van der Waals surface area contributed by atoms with E-state index in [1.165, 1.54) is 6.92 Å². The summed E-state index contributed by atoms with van der Waals surface area (Å²) in [4.78, 5) is 19.1. The van der Waals surface area contributed by atoms with Crippen LogP contribution in [-0.4, -0.2) is 20.9 Å². The number of ketones is 1. The van der Waals surface area contributed by atoms with Crippen molar-refractivity contribution in [2.45, 2.75) is 20.3 Å². The van der Waals surface area contributed by atoms with Gasteiger partial charge in [-0.3, -0.25) is 9.78 Å². The predicted molar refractivity (Wildman–Crippen MR) is 56.7 cm³/mol. The minimum Gasteiger partial charge on any atom is -0.338 e. The quantitative estimate of drug-likeness (QED) is 0.780. The predicted octanol–water partition coefficient (Wildman–Crippen LogP) is 1.57. The second-order valence-corrected chi connectivity index (χ2v) is 3.61. The number of aromatic nitrogens is 3. The molecule has 0 aliphatic carbocycles. The van der Waals surface area contributed by atoms with Gasteiger partial charge in [0, 0.05) is 6.20 Å². The van der Waals surface area contributed by atoms with Gasteiger partial charge in [-0.05, 0) is 31.5 Å². The normalized spacial score (nSPS) is 10.4. The first kappa shape index (κ1) is 10.5. The van der Waals surface area contributed by atoms with E-state index < -0.39 is 0 Å². The molecule has 0 unspecified atom stereocenters. The maximum absolute atomic E-state index is 10.9. The van der Waals surface area contributed by atoms with Crippen molar-refractivity contribution in [2.75, 3.05) is 0 Å². The molecule has 0 fully saturated rings. The molecule has 5 heteroatoms. The molecule has 0 aliphatic heterocycles. The first-order chi connectivity index (χ1) is 7.65. The summed E-state index contributed by atoms with van der Waals surface area (Å²) in [5.74, 6) is 0.734. The van der Waals surface area contributed by atoms with Gasteiger partial charge < -0.3 is 4.52 Å². The van der Waals surface area contributed by atoms with Gasteiger partial charge in [0.2, 0.25) is 11.7 Å². The summed E-state index contributed by atoms with van der Waals surface area (Å²) in [5.41, 5.74) is 1.72. The molecule has 0 amide bonds. The van der Waals surface area contributed by atoms with Gasteiger partial charge in [-0.15, -0.1) is 0 Å². The van der Waals surface area contributed by atoms with E-state index in [1.807, 2.05) is 19.1 Å². The molecule has 0 atom stereocenters. The lowest BCUT2D eigenvalue weighted by Crippen LogP contribution is -1.96. The summed E-state index contributed by atoms with van der Waals surface area (Å²) in [5, 5.41) is 3.78. The molecule has 0 saturated heterocycles. The molecule has 82 valence electrons. The Labute approximate surface area is 92.5 Å². The Balaban J connectivity index is 2.28. The van der Waals surface area contributed by atoms with E-state index in [0.717, 1.165) is 5.56 Å². The third-order valence-corrected chi connectivity index (χ3v) is 2.01. The van der Waals surface area contributed by atoms with E-state index in [4.69, 9.17) is 4.52 Å². The van der Waals surface area contributed by atoms with Crippen molar-refractivity contribution in [3.8, 4) is 11.5 Å². The molecule has 0 N–H and O–H groups in total. The molecule has 0 spiro atoms. The highest BCUT2D eigenvalue weighted by Gasteiger charge is 2.10. The monoisotopic (exact) mass is 217 g/mol. The molecule has 2 rings (SSSR count). The fourth-order valence-electron chi connectivity index (χ4n) is 1.30. The molecular formula is C11H11N3O2. The summed E-state index contributed by atoms with van der Waals surface area (Å²) in [7, 11) is 0. The van der Waals surface area contributed by atoms with E-state index in [2.05, 4.69) is 15.1 Å². The van der Waals surface area contributed by atoms with E-state index in [9.17, 15) is 4.79 Å². The van der Waals surface area contributed by atoms with Gasteiger partial charge in [-0.1, -0.05) is 5.16 Å². The Morgan fingerprint density at radius 2 is 2.31 bits per heavy atom. The standard InChI is InChI=1S/C11H11N3O2/c1-7-3-4-12-9(5-7)11-13-10(16-14-11)6-8(2)15/h3-5H,6H2,1-2H3. The van der Waals surface area contributed by atoms with Crippen molar-refractivity contribution >= 4 is 5.78 Å². The number of hydrogen-bond acceptors (Lipinski definition) is 5. The van der Waals surface area contributed by atoms with Crippen molar-refractivity contribution in [1.29, 1.82) is 0 Å². The highest BCUT2D eigenvalue weighted by Crippen LogP contribution is 2.14. The zero-order chi connectivity index (χ0) is 11.5. The van der Waals surface area contributed by atoms with Crippen LogP contribution < -0.4 is 0 Å². The van der Waals surface area contributed by atoms with E-state index >= 15 is 0 Å². The molecule has 5 nitrogen and oxygen atoms in total. The molecule has 0 bridgehead atoms. The lowest BCUT2D eigenvalue weighted by molar-refractivity contribution is -0.116. The zero-order valence-electron chi connectivity index (χ0n) is 9.10. The first-order valence-corrected chi connectivity index (χ1v) is 4.90. The first-order valence-electron chi connectivity index (χ1n) is 4.90. The van der Waals surface area contributed by atoms with Crippen LogP contribution in [0.5, 0.6) is 0 Å². The Bertz CT molecular complexity index is 519. The average molecular weight is 217 g/mol. The van der Waals surface area contributed by atoms with Gasteiger partial charge in [-0.25, -0.2) is 0 Å². The molecule has 2 aromatic heterocycles. The Hall–Kier alpha value is -2.04. The Morgan fingerprint density at radius 3 is 3.00 bits per heavy atom. The summed E-state index contributed by atoms with van der Waals surface area (Å²) in [6.45, 7) is 3.44. The van der Waals surface area contributed by atoms with Crippen LogP contribution in [0.4, 0.5) is 0 Å². The molecule has 16 heavy (non-hydrogen) atoms. The number of carbonyl (C=O) groups excluding carboxylic acids is 1. The molecule has 0 aromatic carbocycles. The second-order valence-electron chi connectivity index (χ2n) is 3.61. The van der Waals surface area contributed by atoms with Crippen molar-refractivity contribution in [1.82, 2.24) is 15.1 Å². The van der Waals surface area contributed by atoms with Crippen LogP contribution in [-0.2, 0) is 11.2 Å². The molecular weight excluding hydrogens is 206 g/mol. The van der Waals surface area contributed by atoms with Gasteiger partial charge in [0.25, 0.3) is 0 Å². The SMILES string of the molecule is CC(=O)Cc1nc(-c2cc(C)ccn2)no1. The van der Waals surface area contributed by atoms with E-state index in [1.54, 1.807) is 6.20 Å². The zero-order valence-corrected chi connectivity index (χ0v) is 9.10. The fourth-order valence-corrected chi connectivity index (χ4v) is 1.30. The number of rotatable bonds is 3. The van der Waals surface area contributed by atoms with Gasteiger partial charge >= 0.3 is 0 Å². The number of aryl methyl sites for hydroxylation is 1. The topological polar surface area (TPSA) is 68.9 Å². The van der Waals surface area contributed by atoms with Crippen LogP contribution in [0.2, 0.25) is 0 Å². The van der Waals surface area contributed by atoms with Crippen molar-refractivity contribution < 1.29 is 9.32 Å². The van der Waals surface area contributed by atoms with Crippen LogP contribution in [0.1, 0.15) is 18.4 Å². The Kier molecular flexibility index (Phi) is 2.76. The van der Waals surface area contributed by atoms with E-state index in [-0.39, 0.29) is 12.2 Å². The lowest BCUT2D eigenvalue weighted by atomic mass is 10.2. The number of nitrogens with zero attached hydrogens (tertiary/aromatic N) is 3. The van der Waals surface area contributed by atoms with Crippen molar-refractivity contribution in [3.63, 3.8) is 0 Å². The third-order valence-electron chi connectivity index (χ3n) is 2.01. The summed E-state index contributed by atoms with van der Waals surface area (Å²) >= 11 is 0. The Morgan fingerprint density at radius 1 is 1.50 bits per heavy atom. The van der Waals surface area contributed by atoms with Crippen LogP contribution >= 0.6 is 0 Å². The number of Topliss-reactive ketones (excluding diaryl/α,β-unsaturated/α-hetero) is 1. The maximum atomic E-state index is 10.9. The van der Waals surface area contributed by atoms with Gasteiger partial charge in [0.05, 0.1) is 6.42 Å². The van der Waals surface area contributed by atoms with Crippen molar-refractivity contribution in [2.24, 2.45) is 0 Å². The number of hydrogen-bond donors (Lipinski definition) is 0. The molecule has 2 heterocycles. The second kappa shape index (κ2) is 4.22. The fraction of sp³-hybridized carbons (Fsp3) is 0.273. The van der Waals surface area contributed by atoms with Crippen molar-refractivity contribution in [3.05, 3.63) is 29.8 Å². The highest BCUT2D eigenvalue weighted by molar-refractivity contribution is 5.77. The van der Waals surface area contributed by atoms with Crippen LogP contribution in [0.25, 0.3) is 11.5 Å². The summed E-state index contributed by atoms with van der Waals surface area (Å²) < 4.78 is 4.95. The number of carbonyl (C=O) groups is 1. The molecule has 0 aliphatic rings. The maximum Gasteiger partial charge on any atom is 0.234 e. The van der Waals surface area contributed by atoms with Gasteiger partial charge in [-0.2, -0.15) is 4.98 Å². The average Bonchev–Trinajstić information content (AvgIpc) is 2.65.